The van der Waals surface area contributed by atoms with Crippen molar-refractivity contribution in [2.45, 2.75) is 76.0 Å². The maximum Gasteiger partial charge on any atom is 0.408 e. The van der Waals surface area contributed by atoms with E-state index in [1.165, 1.54) is 12.1 Å². The summed E-state index contributed by atoms with van der Waals surface area (Å²) in [5.41, 5.74) is 2.57. The Bertz CT molecular complexity index is 1830. The molecule has 0 spiro atoms. The number of halogens is 1. The van der Waals surface area contributed by atoms with Crippen LogP contribution in [0, 0.1) is 5.92 Å². The van der Waals surface area contributed by atoms with Crippen molar-refractivity contribution < 1.29 is 24.9 Å². The number of nitrogens with one attached hydrogen (secondary N) is 2. The molecule has 3 fully saturated rings. The van der Waals surface area contributed by atoms with Crippen molar-refractivity contribution in [2.75, 3.05) is 39.3 Å². The quantitative estimate of drug-likeness (QED) is 0.0653. The summed E-state index contributed by atoms with van der Waals surface area (Å²) in [6.07, 6.45) is 8.02. The Balaban J connectivity index is 0.924. The summed E-state index contributed by atoms with van der Waals surface area (Å²) in [6, 6.07) is 21.6. The molecule has 278 valence electrons. The summed E-state index contributed by atoms with van der Waals surface area (Å²) in [4.78, 5) is 31.4. The zero-order chi connectivity index (χ0) is 36.5. The number of hydrogen-bond donors (Lipinski definition) is 5. The van der Waals surface area contributed by atoms with Crippen LogP contribution >= 0.6 is 15.9 Å². The monoisotopic (exact) mass is 774 g/mol. The Morgan fingerprint density at radius 3 is 2.37 bits per heavy atom. The summed E-state index contributed by atoms with van der Waals surface area (Å²) in [5.74, 6) is 1.10. The lowest BCUT2D eigenvalue weighted by Crippen LogP contribution is -2.59. The minimum atomic E-state index is -0.888. The summed E-state index contributed by atoms with van der Waals surface area (Å²) >= 11 is 3.83. The van der Waals surface area contributed by atoms with Crippen LogP contribution < -0.4 is 15.6 Å². The smallest absolute Gasteiger partial charge is 0.408 e. The van der Waals surface area contributed by atoms with Crippen molar-refractivity contribution in [3.05, 3.63) is 104 Å². The number of aromatic amines is 1. The first kappa shape index (κ1) is 37.8. The van der Waals surface area contributed by atoms with Crippen LogP contribution in [-0.4, -0.2) is 81.6 Å². The van der Waals surface area contributed by atoms with Crippen LogP contribution in [0.2, 0.25) is 0 Å². The predicted octanol–water partition coefficient (Wildman–Crippen LogP) is 7.59. The molecule has 1 aromatic heterocycles. The first-order valence-corrected chi connectivity index (χ1v) is 19.5. The number of ether oxygens (including phenoxy) is 1. The highest BCUT2D eigenvalue weighted by Gasteiger charge is 2.43. The summed E-state index contributed by atoms with van der Waals surface area (Å²) < 4.78 is 7.09. The van der Waals surface area contributed by atoms with Gasteiger partial charge >= 0.3 is 6.09 Å². The lowest BCUT2D eigenvalue weighted by Gasteiger charge is -2.50. The van der Waals surface area contributed by atoms with Gasteiger partial charge in [-0.25, -0.2) is 4.79 Å². The van der Waals surface area contributed by atoms with Crippen LogP contribution in [0.4, 0.5) is 4.79 Å². The van der Waals surface area contributed by atoms with Gasteiger partial charge in [-0.2, -0.15) is 0 Å². The zero-order valence-electron chi connectivity index (χ0n) is 29.7. The Kier molecular flexibility index (Phi) is 13.3. The Labute approximate surface area is 313 Å². The number of aliphatic hydroxyl groups is 1. The number of phenols is 1. The van der Waals surface area contributed by atoms with Crippen LogP contribution in [0.5, 0.6) is 11.5 Å². The van der Waals surface area contributed by atoms with E-state index in [9.17, 15) is 24.9 Å². The molecule has 0 saturated carbocycles. The van der Waals surface area contributed by atoms with Crippen molar-refractivity contribution >= 4 is 32.9 Å². The van der Waals surface area contributed by atoms with Crippen LogP contribution in [0.25, 0.3) is 10.9 Å². The van der Waals surface area contributed by atoms with Gasteiger partial charge in [-0.3, -0.25) is 9.69 Å². The van der Waals surface area contributed by atoms with Gasteiger partial charge in [-0.05, 0) is 102 Å². The molecule has 3 aromatic carbocycles. The molecule has 4 heterocycles. The first-order chi connectivity index (χ1) is 25.3. The predicted molar refractivity (Wildman–Crippen MR) is 207 cm³/mol. The lowest BCUT2D eigenvalue weighted by molar-refractivity contribution is -0.000908. The molecule has 5 N–H and O–H groups in total. The van der Waals surface area contributed by atoms with E-state index >= 15 is 0 Å². The first-order valence-electron chi connectivity index (χ1n) is 18.7. The number of aromatic nitrogens is 1. The van der Waals surface area contributed by atoms with Crippen molar-refractivity contribution in [1.29, 1.82) is 0 Å². The Morgan fingerprint density at radius 1 is 0.923 bits per heavy atom. The topological polar surface area (TPSA) is 138 Å². The van der Waals surface area contributed by atoms with Gasteiger partial charge < -0.3 is 35.3 Å². The SMILES string of the molecule is O=C(O)N(C(c1ccccc1)c1cccc(OCCCCCCCCCNC[C@@H](O)c2ccc(O)c3[nH]c(=O)ccc23)c1Br)[C@H]1CN2CCC1CC2. The molecule has 52 heavy (non-hydrogen) atoms. The molecule has 3 aliphatic rings. The highest BCUT2D eigenvalue weighted by Crippen LogP contribution is 2.42. The maximum atomic E-state index is 13.0. The number of nitrogens with zero attached hydrogens (tertiary/aromatic N) is 2. The number of amides is 1. The minimum Gasteiger partial charge on any atom is -0.506 e. The molecule has 1 unspecified atom stereocenters. The lowest BCUT2D eigenvalue weighted by atomic mass is 9.81. The van der Waals surface area contributed by atoms with Gasteiger partial charge in [-0.1, -0.05) is 80.6 Å². The number of benzene rings is 3. The molecule has 11 heteroatoms. The second-order valence-corrected chi connectivity index (χ2v) is 15.0. The van der Waals surface area contributed by atoms with Crippen molar-refractivity contribution in [3.8, 4) is 11.5 Å². The Hall–Kier alpha value is -3.90. The van der Waals surface area contributed by atoms with Gasteiger partial charge in [0.25, 0.3) is 0 Å². The third kappa shape index (κ3) is 9.17. The molecular weight excluding hydrogens is 724 g/mol. The van der Waals surface area contributed by atoms with E-state index < -0.39 is 18.2 Å². The third-order valence-corrected chi connectivity index (χ3v) is 11.6. The number of hydrogen-bond acceptors (Lipinski definition) is 7. The molecule has 0 radical (unpaired) electrons. The number of aromatic hydroxyl groups is 1. The number of rotatable bonds is 18. The van der Waals surface area contributed by atoms with Crippen LogP contribution in [0.1, 0.15) is 86.6 Å². The van der Waals surface area contributed by atoms with Gasteiger partial charge in [-0.15, -0.1) is 0 Å². The normalized spacial score (nSPS) is 19.4. The standard InChI is InChI=1S/C41H51BrN4O6/c42-38-32(40(29-12-7-6-8-13-29)46(41(50)51)33-27-45-23-20-28(33)21-24-45)14-11-15-36(38)52-25-10-5-3-1-2-4-9-22-43-26-35(48)30-16-18-34(47)39-31(30)17-19-37(49)44-39/h6-8,11-19,28,33,35,40,43,47-48H,1-5,9-10,20-27H2,(H,44,49)(H,50,51)/t33-,35+,40?/m0/s1. The van der Waals surface area contributed by atoms with E-state index in [2.05, 4.69) is 31.1 Å². The molecule has 2 bridgehead atoms. The van der Waals surface area contributed by atoms with Crippen molar-refractivity contribution in [1.82, 2.24) is 20.1 Å². The van der Waals surface area contributed by atoms with E-state index in [1.54, 1.807) is 17.0 Å². The van der Waals surface area contributed by atoms with Gasteiger partial charge in [0.15, 0.2) is 0 Å². The number of carbonyl (C=O) groups is 1. The number of fused-ring (bicyclic) bond motifs is 4. The van der Waals surface area contributed by atoms with Crippen molar-refractivity contribution in [3.63, 3.8) is 0 Å². The average Bonchev–Trinajstić information content (AvgIpc) is 3.16. The average molecular weight is 776 g/mol. The highest BCUT2D eigenvalue weighted by atomic mass is 79.9. The second-order valence-electron chi connectivity index (χ2n) is 14.2. The number of unbranched alkanes of at least 4 members (excludes halogenated alkanes) is 6. The summed E-state index contributed by atoms with van der Waals surface area (Å²) in [7, 11) is 0. The van der Waals surface area contributed by atoms with E-state index in [1.807, 2.05) is 48.5 Å². The van der Waals surface area contributed by atoms with Crippen LogP contribution in [-0.2, 0) is 0 Å². The fourth-order valence-corrected chi connectivity index (χ4v) is 8.58. The molecule has 1 amide bonds. The molecule has 7 rings (SSSR count). The number of carboxylic acid groups (broad SMARTS) is 1. The maximum absolute atomic E-state index is 13.0. The van der Waals surface area contributed by atoms with Gasteiger partial charge in [0.1, 0.15) is 11.5 Å². The van der Waals surface area contributed by atoms with Crippen LogP contribution in [0.15, 0.2) is 82.1 Å². The van der Waals surface area contributed by atoms with E-state index in [0.717, 1.165) is 105 Å². The molecule has 0 aliphatic carbocycles. The fraction of sp³-hybridized carbons (Fsp3) is 0.463. The molecule has 3 aliphatic heterocycles. The summed E-state index contributed by atoms with van der Waals surface area (Å²) in [6.45, 7) is 4.67. The van der Waals surface area contributed by atoms with Crippen molar-refractivity contribution in [2.24, 2.45) is 5.92 Å². The largest absolute Gasteiger partial charge is 0.506 e. The molecule has 10 nitrogen and oxygen atoms in total. The number of pyridine rings is 1. The fourth-order valence-electron chi connectivity index (χ4n) is 7.98. The number of phenolic OH excluding ortho intramolecular Hbond substituents is 1. The number of piperidine rings is 3. The van der Waals surface area contributed by atoms with E-state index in [4.69, 9.17) is 4.74 Å². The second kappa shape index (κ2) is 18.2. The van der Waals surface area contributed by atoms with E-state index in [0.29, 0.717) is 35.5 Å². The van der Waals surface area contributed by atoms with Crippen LogP contribution in [0.3, 0.4) is 0 Å². The number of H-pyrrole nitrogens is 1. The minimum absolute atomic E-state index is 0.0137. The zero-order valence-corrected chi connectivity index (χ0v) is 31.3. The molecule has 4 aromatic rings. The summed E-state index contributed by atoms with van der Waals surface area (Å²) in [5, 5.41) is 35.4. The number of aliphatic hydroxyl groups excluding tert-OH is 1. The van der Waals surface area contributed by atoms with Gasteiger partial charge in [0, 0.05) is 24.5 Å². The van der Waals surface area contributed by atoms with E-state index in [-0.39, 0.29) is 17.4 Å². The van der Waals surface area contributed by atoms with Gasteiger partial charge in [0.05, 0.1) is 34.8 Å². The molecule has 3 saturated heterocycles. The molecular formula is C41H51BrN4O6. The third-order valence-electron chi connectivity index (χ3n) is 10.7. The van der Waals surface area contributed by atoms with Gasteiger partial charge in [0.2, 0.25) is 5.56 Å². The Morgan fingerprint density at radius 2 is 1.65 bits per heavy atom. The molecule has 3 atom stereocenters. The highest BCUT2D eigenvalue weighted by molar-refractivity contribution is 9.10.